The van der Waals surface area contributed by atoms with Gasteiger partial charge in [-0.25, -0.2) is 0 Å². The number of hydrogen-bond donors (Lipinski definition) is 1. The van der Waals surface area contributed by atoms with E-state index in [-0.39, 0.29) is 0 Å². The molecule has 0 aliphatic carbocycles. The first-order valence-electron chi connectivity index (χ1n) is 8.47. The lowest BCUT2D eigenvalue weighted by atomic mass is 9.99. The van der Waals surface area contributed by atoms with Crippen LogP contribution in [-0.2, 0) is 0 Å². The average molecular weight is 290 g/mol. The summed E-state index contributed by atoms with van der Waals surface area (Å²) in [5, 5.41) is 3.50. The molecule has 0 unspecified atom stereocenters. The fourth-order valence-corrected chi connectivity index (χ4v) is 2.65. The van der Waals surface area contributed by atoms with Crippen LogP contribution in [0.15, 0.2) is 24.3 Å². The largest absolute Gasteiger partial charge is 0.494 e. The van der Waals surface area contributed by atoms with E-state index in [2.05, 4.69) is 48.3 Å². The minimum Gasteiger partial charge on any atom is -0.494 e. The highest BCUT2D eigenvalue weighted by molar-refractivity contribution is 5.46. The Hall–Kier alpha value is -1.22. The van der Waals surface area contributed by atoms with Crippen LogP contribution in [0.3, 0.4) is 0 Å². The number of likely N-dealkylation sites (tertiary alicyclic amines) is 1. The predicted octanol–water partition coefficient (Wildman–Crippen LogP) is 4.01. The average Bonchev–Trinajstić information content (AvgIpc) is 2.51. The summed E-state index contributed by atoms with van der Waals surface area (Å²) in [6, 6.07) is 8.33. The Bertz CT molecular complexity index is 383. The van der Waals surface area contributed by atoms with Crippen molar-refractivity contribution in [3.63, 3.8) is 0 Å². The van der Waals surface area contributed by atoms with Crippen LogP contribution in [0.2, 0.25) is 0 Å². The van der Waals surface area contributed by atoms with Crippen molar-refractivity contribution in [2.75, 3.05) is 38.1 Å². The molecule has 3 nitrogen and oxygen atoms in total. The Morgan fingerprint density at radius 1 is 1.19 bits per heavy atom. The second-order valence-electron chi connectivity index (χ2n) is 6.18. The summed E-state index contributed by atoms with van der Waals surface area (Å²) in [5.74, 6) is 1.88. The summed E-state index contributed by atoms with van der Waals surface area (Å²) in [6.45, 7) is 10.0. The topological polar surface area (TPSA) is 24.5 Å². The molecule has 21 heavy (non-hydrogen) atoms. The van der Waals surface area contributed by atoms with Gasteiger partial charge in [-0.2, -0.15) is 0 Å². The first-order valence-corrected chi connectivity index (χ1v) is 8.47. The van der Waals surface area contributed by atoms with Gasteiger partial charge in [-0.3, -0.25) is 0 Å². The lowest BCUT2D eigenvalue weighted by Crippen LogP contribution is -2.36. The predicted molar refractivity (Wildman–Crippen MR) is 90.2 cm³/mol. The number of benzene rings is 1. The van der Waals surface area contributed by atoms with Gasteiger partial charge < -0.3 is 15.0 Å². The van der Waals surface area contributed by atoms with Crippen LogP contribution in [0, 0.1) is 5.92 Å². The minimum atomic E-state index is 0.816. The number of piperidine rings is 1. The van der Waals surface area contributed by atoms with Crippen LogP contribution < -0.4 is 10.1 Å². The summed E-state index contributed by atoms with van der Waals surface area (Å²) >= 11 is 0. The van der Waals surface area contributed by atoms with E-state index < -0.39 is 0 Å². The number of ether oxygens (including phenoxy) is 1. The standard InChI is InChI=1S/C18H30N2O/c1-3-4-15-21-18-7-5-17(6-8-18)19-11-14-20-12-9-16(2)10-13-20/h5-8,16,19H,3-4,9-15H2,1-2H3. The molecule has 0 bridgehead atoms. The lowest BCUT2D eigenvalue weighted by molar-refractivity contribution is 0.199. The van der Waals surface area contributed by atoms with E-state index in [1.165, 1.54) is 38.0 Å². The van der Waals surface area contributed by atoms with Gasteiger partial charge in [0.15, 0.2) is 0 Å². The van der Waals surface area contributed by atoms with Gasteiger partial charge in [0.1, 0.15) is 5.75 Å². The molecule has 3 heteroatoms. The number of nitrogens with one attached hydrogen (secondary N) is 1. The van der Waals surface area contributed by atoms with Crippen LogP contribution in [0.1, 0.15) is 39.5 Å². The molecule has 1 saturated heterocycles. The first-order chi connectivity index (χ1) is 10.3. The maximum atomic E-state index is 5.68. The van der Waals surface area contributed by atoms with E-state index in [0.29, 0.717) is 0 Å². The van der Waals surface area contributed by atoms with E-state index in [4.69, 9.17) is 4.74 Å². The quantitative estimate of drug-likeness (QED) is 0.732. The molecule has 0 spiro atoms. The van der Waals surface area contributed by atoms with Gasteiger partial charge in [0.05, 0.1) is 6.61 Å². The van der Waals surface area contributed by atoms with Gasteiger partial charge >= 0.3 is 0 Å². The molecule has 1 aromatic carbocycles. The summed E-state index contributed by atoms with van der Waals surface area (Å²) in [6.07, 6.45) is 5.00. The number of nitrogens with zero attached hydrogens (tertiary/aromatic N) is 1. The summed E-state index contributed by atoms with van der Waals surface area (Å²) < 4.78 is 5.68. The zero-order chi connectivity index (χ0) is 14.9. The molecule has 0 saturated carbocycles. The van der Waals surface area contributed by atoms with Crippen LogP contribution in [0.5, 0.6) is 5.75 Å². The third kappa shape index (κ3) is 5.96. The van der Waals surface area contributed by atoms with Gasteiger partial charge in [-0.15, -0.1) is 0 Å². The Labute approximate surface area is 129 Å². The van der Waals surface area contributed by atoms with Gasteiger partial charge in [0, 0.05) is 18.8 Å². The van der Waals surface area contributed by atoms with Crippen molar-refractivity contribution in [2.24, 2.45) is 5.92 Å². The highest BCUT2D eigenvalue weighted by Crippen LogP contribution is 2.17. The van der Waals surface area contributed by atoms with Crippen molar-refractivity contribution < 1.29 is 4.74 Å². The monoisotopic (exact) mass is 290 g/mol. The van der Waals surface area contributed by atoms with Gasteiger partial charge in [-0.05, 0) is 62.5 Å². The van der Waals surface area contributed by atoms with Gasteiger partial charge in [-0.1, -0.05) is 20.3 Å². The van der Waals surface area contributed by atoms with Crippen molar-refractivity contribution in [3.8, 4) is 5.75 Å². The van der Waals surface area contributed by atoms with E-state index in [1.807, 2.05) is 0 Å². The van der Waals surface area contributed by atoms with Crippen molar-refractivity contribution in [1.29, 1.82) is 0 Å². The molecule has 1 N–H and O–H groups in total. The Balaban J connectivity index is 1.64. The van der Waals surface area contributed by atoms with E-state index in [1.54, 1.807) is 0 Å². The van der Waals surface area contributed by atoms with Crippen molar-refractivity contribution >= 4 is 5.69 Å². The second-order valence-corrected chi connectivity index (χ2v) is 6.18. The Kier molecular flexibility index (Phi) is 6.87. The van der Waals surface area contributed by atoms with Crippen LogP contribution >= 0.6 is 0 Å². The van der Waals surface area contributed by atoms with E-state index in [9.17, 15) is 0 Å². The Morgan fingerprint density at radius 2 is 1.90 bits per heavy atom. The van der Waals surface area contributed by atoms with Crippen LogP contribution in [0.4, 0.5) is 5.69 Å². The molecule has 2 rings (SSSR count). The summed E-state index contributed by atoms with van der Waals surface area (Å²) in [5.41, 5.74) is 1.18. The zero-order valence-electron chi connectivity index (χ0n) is 13.6. The molecular formula is C18H30N2O. The van der Waals surface area contributed by atoms with Gasteiger partial charge in [0.25, 0.3) is 0 Å². The summed E-state index contributed by atoms with van der Waals surface area (Å²) in [4.78, 5) is 2.56. The third-order valence-corrected chi connectivity index (χ3v) is 4.25. The van der Waals surface area contributed by atoms with Crippen LogP contribution in [-0.4, -0.2) is 37.7 Å². The maximum absolute atomic E-state index is 5.68. The maximum Gasteiger partial charge on any atom is 0.119 e. The smallest absolute Gasteiger partial charge is 0.119 e. The highest BCUT2D eigenvalue weighted by Gasteiger charge is 2.14. The number of hydrogen-bond acceptors (Lipinski definition) is 3. The number of rotatable bonds is 8. The normalized spacial score (nSPS) is 16.9. The molecule has 0 aromatic heterocycles. The Morgan fingerprint density at radius 3 is 2.57 bits per heavy atom. The fraction of sp³-hybridized carbons (Fsp3) is 0.667. The SMILES string of the molecule is CCCCOc1ccc(NCCN2CCC(C)CC2)cc1. The van der Waals surface area contributed by atoms with Crippen molar-refractivity contribution in [3.05, 3.63) is 24.3 Å². The first kappa shape index (κ1) is 16.2. The lowest BCUT2D eigenvalue weighted by Gasteiger charge is -2.30. The highest BCUT2D eigenvalue weighted by atomic mass is 16.5. The van der Waals surface area contributed by atoms with Crippen molar-refractivity contribution in [1.82, 2.24) is 4.90 Å². The van der Waals surface area contributed by atoms with Crippen molar-refractivity contribution in [2.45, 2.75) is 39.5 Å². The number of anilines is 1. The zero-order valence-corrected chi connectivity index (χ0v) is 13.6. The second kappa shape index (κ2) is 8.93. The van der Waals surface area contributed by atoms with Crippen LogP contribution in [0.25, 0.3) is 0 Å². The number of unbranched alkanes of at least 4 members (excludes halogenated alkanes) is 1. The molecule has 118 valence electrons. The summed E-state index contributed by atoms with van der Waals surface area (Å²) in [7, 11) is 0. The molecule has 0 radical (unpaired) electrons. The molecule has 1 aliphatic heterocycles. The molecule has 1 fully saturated rings. The molecule has 1 aromatic rings. The minimum absolute atomic E-state index is 0.816. The van der Waals surface area contributed by atoms with Gasteiger partial charge in [0.2, 0.25) is 0 Å². The fourth-order valence-electron chi connectivity index (χ4n) is 2.65. The molecule has 1 aliphatic rings. The van der Waals surface area contributed by atoms with E-state index >= 15 is 0 Å². The third-order valence-electron chi connectivity index (χ3n) is 4.25. The molecular weight excluding hydrogens is 260 g/mol. The molecule has 0 amide bonds. The molecule has 1 heterocycles. The molecule has 0 atom stereocenters. The van der Waals surface area contributed by atoms with E-state index in [0.717, 1.165) is 37.8 Å².